The zero-order valence-electron chi connectivity index (χ0n) is 20.3. The molecule has 0 unspecified atom stereocenters. The van der Waals surface area contributed by atoms with Gasteiger partial charge < -0.3 is 4.57 Å². The maximum absolute atomic E-state index is 12.8. The number of carbonyl (C=O) groups excluding carboxylic acids is 1. The molecule has 1 N–H and O–H groups in total. The Morgan fingerprint density at radius 1 is 0.946 bits per heavy atom. The van der Waals surface area contributed by atoms with Crippen LogP contribution in [0.2, 0.25) is 10.0 Å². The molecule has 3 aromatic carbocycles. The maximum atomic E-state index is 12.8. The summed E-state index contributed by atoms with van der Waals surface area (Å²) in [4.78, 5) is 12.8. The zero-order valence-corrected chi connectivity index (χ0v) is 22.6. The van der Waals surface area contributed by atoms with E-state index < -0.39 is 15.9 Å². The molecule has 0 bridgehead atoms. The van der Waals surface area contributed by atoms with E-state index in [0.29, 0.717) is 21.3 Å². The number of carbonyl (C=O) groups is 1. The molecular weight excluding hydrogens is 531 g/mol. The summed E-state index contributed by atoms with van der Waals surface area (Å²) < 4.78 is 28.8. The molecule has 4 aromatic rings. The summed E-state index contributed by atoms with van der Waals surface area (Å²) in [6.45, 7) is 3.90. The average molecular weight is 555 g/mol. The Labute approximate surface area is 226 Å². The first kappa shape index (κ1) is 26.5. The minimum absolute atomic E-state index is 0.187. The fourth-order valence-electron chi connectivity index (χ4n) is 3.88. The molecule has 7 nitrogen and oxygen atoms in total. The summed E-state index contributed by atoms with van der Waals surface area (Å²) >= 11 is 12.2. The number of benzene rings is 3. The number of halogens is 2. The van der Waals surface area contributed by atoms with Crippen LogP contribution in [0.1, 0.15) is 27.3 Å². The quantitative estimate of drug-likeness (QED) is 0.225. The smallest absolute Gasteiger partial charge is 0.271 e. The van der Waals surface area contributed by atoms with Gasteiger partial charge in [0.2, 0.25) is 0 Å². The number of hydrogen-bond acceptors (Lipinski definition) is 4. The van der Waals surface area contributed by atoms with Gasteiger partial charge in [-0.3, -0.25) is 9.10 Å². The van der Waals surface area contributed by atoms with E-state index in [0.717, 1.165) is 22.6 Å². The van der Waals surface area contributed by atoms with Crippen LogP contribution in [-0.2, 0) is 10.0 Å². The zero-order chi connectivity index (χ0) is 26.7. The van der Waals surface area contributed by atoms with Crippen molar-refractivity contribution in [2.45, 2.75) is 18.7 Å². The summed E-state index contributed by atoms with van der Waals surface area (Å²) in [5, 5.41) is 5.05. The van der Waals surface area contributed by atoms with Crippen LogP contribution in [0, 0.1) is 13.8 Å². The van der Waals surface area contributed by atoms with Crippen molar-refractivity contribution < 1.29 is 13.2 Å². The highest BCUT2D eigenvalue weighted by Crippen LogP contribution is 2.27. The largest absolute Gasteiger partial charge is 0.318 e. The molecule has 0 radical (unpaired) electrons. The minimum Gasteiger partial charge on any atom is -0.318 e. The maximum Gasteiger partial charge on any atom is 0.271 e. The van der Waals surface area contributed by atoms with Gasteiger partial charge in [0.1, 0.15) is 0 Å². The number of nitrogens with zero attached hydrogens (tertiary/aromatic N) is 3. The molecule has 0 aliphatic carbocycles. The van der Waals surface area contributed by atoms with Crippen molar-refractivity contribution in [2.75, 3.05) is 11.4 Å². The van der Waals surface area contributed by atoms with Gasteiger partial charge in [0.15, 0.2) is 0 Å². The molecule has 37 heavy (non-hydrogen) atoms. The fourth-order valence-corrected chi connectivity index (χ4v) is 5.39. The number of sulfonamides is 1. The predicted molar refractivity (Wildman–Crippen MR) is 149 cm³/mol. The monoisotopic (exact) mass is 554 g/mol. The first-order valence-electron chi connectivity index (χ1n) is 11.2. The van der Waals surface area contributed by atoms with Crippen molar-refractivity contribution in [3.8, 4) is 5.69 Å². The molecule has 1 heterocycles. The molecule has 0 fully saturated rings. The lowest BCUT2D eigenvalue weighted by Gasteiger charge is -2.19. The fraction of sp³-hybridized carbons (Fsp3) is 0.111. The summed E-state index contributed by atoms with van der Waals surface area (Å²) in [5.74, 6) is -0.422. The average Bonchev–Trinajstić information content (AvgIpc) is 3.18. The Balaban J connectivity index is 1.45. The number of hydrazone groups is 1. The normalized spacial score (nSPS) is 11.6. The van der Waals surface area contributed by atoms with Gasteiger partial charge in [0, 0.05) is 35.2 Å². The van der Waals surface area contributed by atoms with Gasteiger partial charge in [-0.05, 0) is 74.5 Å². The highest BCUT2D eigenvalue weighted by Gasteiger charge is 2.21. The van der Waals surface area contributed by atoms with E-state index in [1.165, 1.54) is 23.5 Å². The molecule has 0 saturated heterocycles. The lowest BCUT2D eigenvalue weighted by molar-refractivity contribution is 0.0955. The molecule has 0 atom stereocenters. The third kappa shape index (κ3) is 5.56. The predicted octanol–water partition coefficient (Wildman–Crippen LogP) is 5.99. The molecule has 1 amide bonds. The van der Waals surface area contributed by atoms with Crippen molar-refractivity contribution in [1.29, 1.82) is 0 Å². The highest BCUT2D eigenvalue weighted by atomic mass is 35.5. The molecule has 190 valence electrons. The van der Waals surface area contributed by atoms with Crippen LogP contribution in [0.15, 0.2) is 88.9 Å². The van der Waals surface area contributed by atoms with Gasteiger partial charge in [0.25, 0.3) is 15.9 Å². The number of hydrogen-bond donors (Lipinski definition) is 1. The Morgan fingerprint density at radius 2 is 1.62 bits per heavy atom. The molecular formula is C27H24Cl2N4O3S. The number of aromatic nitrogens is 1. The van der Waals surface area contributed by atoms with Crippen LogP contribution < -0.4 is 9.73 Å². The van der Waals surface area contributed by atoms with Gasteiger partial charge in [-0.25, -0.2) is 13.8 Å². The van der Waals surface area contributed by atoms with Crippen LogP contribution in [0.3, 0.4) is 0 Å². The van der Waals surface area contributed by atoms with E-state index in [1.807, 2.05) is 30.5 Å². The third-order valence-electron chi connectivity index (χ3n) is 5.90. The van der Waals surface area contributed by atoms with Crippen molar-refractivity contribution in [1.82, 2.24) is 9.99 Å². The van der Waals surface area contributed by atoms with Gasteiger partial charge in [-0.15, -0.1) is 0 Å². The summed E-state index contributed by atoms with van der Waals surface area (Å²) in [6.07, 6.45) is 1.57. The number of nitrogens with one attached hydrogen (secondary N) is 1. The lowest BCUT2D eigenvalue weighted by Crippen LogP contribution is -2.26. The van der Waals surface area contributed by atoms with E-state index in [4.69, 9.17) is 23.2 Å². The van der Waals surface area contributed by atoms with Crippen molar-refractivity contribution in [3.05, 3.63) is 111 Å². The summed E-state index contributed by atoms with van der Waals surface area (Å²) in [6, 6.07) is 21.8. The lowest BCUT2D eigenvalue weighted by atomic mass is 10.2. The van der Waals surface area contributed by atoms with Crippen LogP contribution in [0.4, 0.5) is 5.69 Å². The van der Waals surface area contributed by atoms with Crippen LogP contribution in [0.5, 0.6) is 0 Å². The van der Waals surface area contributed by atoms with E-state index in [2.05, 4.69) is 10.5 Å². The second-order valence-corrected chi connectivity index (χ2v) is 11.1. The van der Waals surface area contributed by atoms with Gasteiger partial charge in [0.05, 0.1) is 26.8 Å². The molecule has 0 aliphatic rings. The number of aryl methyl sites for hydroxylation is 1. The molecule has 0 saturated carbocycles. The van der Waals surface area contributed by atoms with Gasteiger partial charge in [-0.2, -0.15) is 5.10 Å². The third-order valence-corrected chi connectivity index (χ3v) is 8.43. The Hall–Kier alpha value is -3.59. The molecule has 1 aromatic heterocycles. The van der Waals surface area contributed by atoms with Crippen molar-refractivity contribution in [3.63, 3.8) is 0 Å². The van der Waals surface area contributed by atoms with E-state index in [9.17, 15) is 13.2 Å². The number of rotatable bonds is 7. The SMILES string of the molecule is Cc1cc(/C=N\NC(=O)c2ccc(N(C)S(=O)(=O)c3ccccc3)cc2)c(C)n1-c1ccc(Cl)c(Cl)c1. The Bertz CT molecular complexity index is 1580. The van der Waals surface area contributed by atoms with Crippen molar-refractivity contribution in [2.24, 2.45) is 5.10 Å². The summed E-state index contributed by atoms with van der Waals surface area (Å²) in [5.41, 5.74) is 6.86. The van der Waals surface area contributed by atoms with Crippen LogP contribution >= 0.6 is 23.2 Å². The van der Waals surface area contributed by atoms with Crippen molar-refractivity contribution >= 4 is 51.0 Å². The second-order valence-electron chi connectivity index (χ2n) is 8.29. The minimum atomic E-state index is -3.71. The first-order valence-corrected chi connectivity index (χ1v) is 13.4. The molecule has 10 heteroatoms. The van der Waals surface area contributed by atoms with E-state index in [1.54, 1.807) is 60.8 Å². The molecule has 4 rings (SSSR count). The standard InChI is InChI=1S/C27H24Cl2N4O3S/c1-18-15-21(19(2)33(18)23-13-14-25(28)26(29)16-23)17-30-31-27(34)20-9-11-22(12-10-20)32(3)37(35,36)24-7-5-4-6-8-24/h4-17H,1-3H3,(H,31,34)/b30-17-. The number of anilines is 1. The molecule has 0 aliphatic heterocycles. The van der Waals surface area contributed by atoms with Gasteiger partial charge in [-0.1, -0.05) is 41.4 Å². The van der Waals surface area contributed by atoms with Gasteiger partial charge >= 0.3 is 0 Å². The van der Waals surface area contributed by atoms with Crippen LogP contribution in [-0.4, -0.2) is 32.2 Å². The van der Waals surface area contributed by atoms with E-state index in [-0.39, 0.29) is 4.90 Å². The van der Waals surface area contributed by atoms with Crippen LogP contribution in [0.25, 0.3) is 5.69 Å². The van der Waals surface area contributed by atoms with E-state index >= 15 is 0 Å². The Kier molecular flexibility index (Phi) is 7.73. The topological polar surface area (TPSA) is 83.8 Å². The highest BCUT2D eigenvalue weighted by molar-refractivity contribution is 7.92. The second kappa shape index (κ2) is 10.8. The summed E-state index contributed by atoms with van der Waals surface area (Å²) in [7, 11) is -2.24. The Morgan fingerprint density at radius 3 is 2.27 bits per heavy atom. The molecule has 0 spiro atoms. The number of amides is 1. The first-order chi connectivity index (χ1) is 17.6.